The first-order valence-corrected chi connectivity index (χ1v) is 8.24. The van der Waals surface area contributed by atoms with Crippen molar-refractivity contribution < 1.29 is 0 Å². The second-order valence-corrected chi connectivity index (χ2v) is 6.43. The molecule has 2 unspecified atom stereocenters. The quantitative estimate of drug-likeness (QED) is 0.786. The first-order chi connectivity index (χ1) is 10.2. The number of nitriles is 1. The third-order valence-corrected chi connectivity index (χ3v) is 4.69. The number of alkyl halides is 1. The number of aryl methyl sites for hydroxylation is 1. The van der Waals surface area contributed by atoms with E-state index in [4.69, 9.17) is 16.6 Å². The molecule has 0 amide bonds. The van der Waals surface area contributed by atoms with Crippen molar-refractivity contribution in [3.63, 3.8) is 0 Å². The minimum absolute atomic E-state index is 0.492. The number of hydrogen-bond donors (Lipinski definition) is 0. The van der Waals surface area contributed by atoms with Crippen molar-refractivity contribution in [3.8, 4) is 6.07 Å². The first kappa shape index (κ1) is 14.4. The van der Waals surface area contributed by atoms with Gasteiger partial charge in [0.2, 0.25) is 0 Å². The predicted molar refractivity (Wildman–Crippen MR) is 85.5 cm³/mol. The highest BCUT2D eigenvalue weighted by Gasteiger charge is 2.25. The summed E-state index contributed by atoms with van der Waals surface area (Å²) < 4.78 is 2.36. The summed E-state index contributed by atoms with van der Waals surface area (Å²) in [5, 5.41) is 9.29. The van der Waals surface area contributed by atoms with E-state index < -0.39 is 0 Å². The van der Waals surface area contributed by atoms with Crippen molar-refractivity contribution in [1.29, 1.82) is 5.26 Å². The minimum atomic E-state index is 0.492. The summed E-state index contributed by atoms with van der Waals surface area (Å²) in [6.45, 7) is 2.33. The molecule has 1 aromatic carbocycles. The summed E-state index contributed by atoms with van der Waals surface area (Å²) in [7, 11) is 0. The van der Waals surface area contributed by atoms with Crippen LogP contribution in [0, 0.1) is 17.2 Å². The van der Waals surface area contributed by atoms with Gasteiger partial charge in [0.05, 0.1) is 11.1 Å². The van der Waals surface area contributed by atoms with Crippen LogP contribution in [-0.4, -0.2) is 15.4 Å². The van der Waals surface area contributed by atoms with E-state index in [0.717, 1.165) is 29.2 Å². The summed E-state index contributed by atoms with van der Waals surface area (Å²) >= 11 is 5.96. The molecular weight excluding hydrogens is 282 g/mol. The Morgan fingerprint density at radius 1 is 1.43 bits per heavy atom. The highest BCUT2D eigenvalue weighted by molar-refractivity contribution is 6.17. The Morgan fingerprint density at radius 3 is 3.00 bits per heavy atom. The van der Waals surface area contributed by atoms with Crippen molar-refractivity contribution >= 4 is 22.6 Å². The van der Waals surface area contributed by atoms with Crippen molar-refractivity contribution in [2.24, 2.45) is 5.92 Å². The number of aromatic nitrogens is 2. The van der Waals surface area contributed by atoms with Gasteiger partial charge in [0.1, 0.15) is 17.4 Å². The summed E-state index contributed by atoms with van der Waals surface area (Å²) in [6.07, 6.45) is 5.73. The first-order valence-electron chi connectivity index (χ1n) is 7.70. The van der Waals surface area contributed by atoms with Crippen LogP contribution in [0.15, 0.2) is 18.2 Å². The largest absolute Gasteiger partial charge is 0.325 e. The molecule has 0 bridgehead atoms. The monoisotopic (exact) mass is 301 g/mol. The van der Waals surface area contributed by atoms with E-state index in [1.54, 1.807) is 0 Å². The zero-order chi connectivity index (χ0) is 14.8. The average molecular weight is 302 g/mol. The highest BCUT2D eigenvalue weighted by Crippen LogP contribution is 2.36. The number of nitrogens with zero attached hydrogens (tertiary/aromatic N) is 3. The summed E-state index contributed by atoms with van der Waals surface area (Å²) in [6, 6.07) is 8.63. The van der Waals surface area contributed by atoms with Crippen molar-refractivity contribution in [3.05, 3.63) is 29.6 Å². The average Bonchev–Trinajstić information content (AvgIpc) is 2.85. The Morgan fingerprint density at radius 2 is 2.29 bits per heavy atom. The molecule has 1 heterocycles. The van der Waals surface area contributed by atoms with Gasteiger partial charge in [-0.15, -0.1) is 11.6 Å². The molecule has 1 aliphatic rings. The smallest absolute Gasteiger partial charge is 0.111 e. The normalized spacial score (nSPS) is 22.3. The molecule has 4 heteroatoms. The number of fused-ring (bicyclic) bond motifs is 1. The van der Waals surface area contributed by atoms with Gasteiger partial charge >= 0.3 is 0 Å². The van der Waals surface area contributed by atoms with E-state index in [9.17, 15) is 5.26 Å². The van der Waals surface area contributed by atoms with E-state index in [0.29, 0.717) is 17.5 Å². The van der Waals surface area contributed by atoms with Gasteiger partial charge in [-0.1, -0.05) is 25.8 Å². The number of rotatable bonds is 3. The second kappa shape index (κ2) is 6.07. The van der Waals surface area contributed by atoms with Crippen LogP contribution < -0.4 is 0 Å². The van der Waals surface area contributed by atoms with Crippen molar-refractivity contribution in [2.75, 3.05) is 5.88 Å². The fourth-order valence-corrected chi connectivity index (χ4v) is 3.73. The van der Waals surface area contributed by atoms with Gasteiger partial charge in [-0.3, -0.25) is 0 Å². The fraction of sp³-hybridized carbons (Fsp3) is 0.529. The SMILES string of the molecule is CC1CCCC(n2c(CCCl)nc3c(C#N)cccc32)C1. The molecule has 0 spiro atoms. The molecule has 0 radical (unpaired) electrons. The van der Waals surface area contributed by atoms with Gasteiger partial charge in [0, 0.05) is 18.3 Å². The standard InChI is InChI=1S/C17H20ClN3/c1-12-4-2-6-14(10-12)21-15-7-3-5-13(11-19)17(15)20-16(21)8-9-18/h3,5,7,12,14H,2,4,6,8-10H2,1H3. The van der Waals surface area contributed by atoms with Gasteiger partial charge in [-0.05, 0) is 30.9 Å². The van der Waals surface area contributed by atoms with Crippen LogP contribution in [0.1, 0.15) is 50.0 Å². The second-order valence-electron chi connectivity index (χ2n) is 6.05. The molecule has 0 aliphatic heterocycles. The van der Waals surface area contributed by atoms with Crippen LogP contribution >= 0.6 is 11.6 Å². The summed E-state index contributed by atoms with van der Waals surface area (Å²) in [4.78, 5) is 4.73. The van der Waals surface area contributed by atoms with Gasteiger partial charge in [-0.25, -0.2) is 4.98 Å². The van der Waals surface area contributed by atoms with E-state index >= 15 is 0 Å². The maximum absolute atomic E-state index is 9.29. The Kier molecular flexibility index (Phi) is 4.17. The number of imidazole rings is 1. The van der Waals surface area contributed by atoms with Crippen LogP contribution in [0.4, 0.5) is 0 Å². The molecule has 1 aromatic heterocycles. The third-order valence-electron chi connectivity index (χ3n) is 4.51. The van der Waals surface area contributed by atoms with E-state index in [1.807, 2.05) is 12.1 Å². The lowest BCUT2D eigenvalue weighted by Crippen LogP contribution is -2.19. The van der Waals surface area contributed by atoms with Crippen LogP contribution in [0.3, 0.4) is 0 Å². The van der Waals surface area contributed by atoms with Crippen LogP contribution in [0.5, 0.6) is 0 Å². The highest BCUT2D eigenvalue weighted by atomic mass is 35.5. The third kappa shape index (κ3) is 2.65. The maximum Gasteiger partial charge on any atom is 0.111 e. The van der Waals surface area contributed by atoms with Crippen LogP contribution in [0.2, 0.25) is 0 Å². The van der Waals surface area contributed by atoms with Gasteiger partial charge in [-0.2, -0.15) is 5.26 Å². The molecule has 110 valence electrons. The molecule has 0 saturated heterocycles. The molecule has 0 N–H and O–H groups in total. The topological polar surface area (TPSA) is 41.6 Å². The summed E-state index contributed by atoms with van der Waals surface area (Å²) in [5.74, 6) is 2.35. The molecule has 2 aromatic rings. The molecule has 3 nitrogen and oxygen atoms in total. The Bertz CT molecular complexity index is 683. The zero-order valence-electron chi connectivity index (χ0n) is 12.3. The Labute approximate surface area is 130 Å². The zero-order valence-corrected chi connectivity index (χ0v) is 13.1. The molecule has 2 atom stereocenters. The fourth-order valence-electron chi connectivity index (χ4n) is 3.56. The van der Waals surface area contributed by atoms with Crippen LogP contribution in [-0.2, 0) is 6.42 Å². The molecule has 1 aliphatic carbocycles. The Balaban J connectivity index is 2.14. The summed E-state index contributed by atoms with van der Waals surface area (Å²) in [5.41, 5.74) is 2.58. The number of benzene rings is 1. The maximum atomic E-state index is 9.29. The number of hydrogen-bond acceptors (Lipinski definition) is 2. The van der Waals surface area contributed by atoms with Gasteiger partial charge < -0.3 is 4.57 Å². The lowest BCUT2D eigenvalue weighted by Gasteiger charge is -2.29. The number of para-hydroxylation sites is 1. The lowest BCUT2D eigenvalue weighted by molar-refractivity contribution is 0.283. The van der Waals surface area contributed by atoms with E-state index in [2.05, 4.69) is 23.6 Å². The molecule has 1 saturated carbocycles. The number of halogens is 1. The van der Waals surface area contributed by atoms with Crippen molar-refractivity contribution in [2.45, 2.75) is 45.1 Å². The van der Waals surface area contributed by atoms with E-state index in [-0.39, 0.29) is 0 Å². The Hall–Kier alpha value is -1.53. The van der Waals surface area contributed by atoms with Gasteiger partial charge in [0.15, 0.2) is 0 Å². The molecule has 3 rings (SSSR count). The molecule has 1 fully saturated rings. The minimum Gasteiger partial charge on any atom is -0.325 e. The lowest BCUT2D eigenvalue weighted by atomic mass is 9.86. The predicted octanol–water partition coefficient (Wildman–Crippen LogP) is 4.44. The van der Waals surface area contributed by atoms with Crippen LogP contribution in [0.25, 0.3) is 11.0 Å². The molecule has 21 heavy (non-hydrogen) atoms. The molecular formula is C17H20ClN3. The van der Waals surface area contributed by atoms with Gasteiger partial charge in [0.25, 0.3) is 0 Å². The van der Waals surface area contributed by atoms with Crippen molar-refractivity contribution in [1.82, 2.24) is 9.55 Å². The van der Waals surface area contributed by atoms with E-state index in [1.165, 1.54) is 25.7 Å².